The Morgan fingerprint density at radius 2 is 1.90 bits per heavy atom. The van der Waals surface area contributed by atoms with Crippen molar-refractivity contribution in [1.82, 2.24) is 15.1 Å². The van der Waals surface area contributed by atoms with Crippen molar-refractivity contribution in [2.75, 3.05) is 40.3 Å². The van der Waals surface area contributed by atoms with Crippen molar-refractivity contribution in [3.63, 3.8) is 0 Å². The van der Waals surface area contributed by atoms with E-state index in [1.54, 1.807) is 0 Å². The fourth-order valence-corrected chi connectivity index (χ4v) is 5.47. The van der Waals surface area contributed by atoms with Gasteiger partial charge in [-0.3, -0.25) is 9.59 Å². The van der Waals surface area contributed by atoms with Crippen molar-refractivity contribution in [1.29, 1.82) is 0 Å². The van der Waals surface area contributed by atoms with E-state index in [0.717, 1.165) is 51.7 Å². The number of nitrogens with zero attached hydrogens (tertiary/aromatic N) is 2. The number of carbonyl (C=O) groups excluding carboxylic acids is 2. The molecule has 1 aromatic carbocycles. The van der Waals surface area contributed by atoms with E-state index in [4.69, 9.17) is 0 Å². The van der Waals surface area contributed by atoms with Gasteiger partial charge in [0.05, 0.1) is 0 Å². The van der Waals surface area contributed by atoms with E-state index in [0.29, 0.717) is 30.7 Å². The van der Waals surface area contributed by atoms with E-state index in [2.05, 4.69) is 39.4 Å². The van der Waals surface area contributed by atoms with Crippen LogP contribution < -0.4 is 5.32 Å². The van der Waals surface area contributed by atoms with Gasteiger partial charge in [-0.25, -0.2) is 0 Å². The highest BCUT2D eigenvalue weighted by atomic mass is 16.2. The van der Waals surface area contributed by atoms with Crippen LogP contribution in [0.2, 0.25) is 0 Å². The van der Waals surface area contributed by atoms with Crippen LogP contribution >= 0.6 is 0 Å². The number of likely N-dealkylation sites (N-methyl/N-ethyl adjacent to an activating group) is 1. The minimum Gasteiger partial charge on any atom is -0.355 e. The number of fused-ring (bicyclic) bond motifs is 2. The molecule has 0 radical (unpaired) electrons. The summed E-state index contributed by atoms with van der Waals surface area (Å²) in [5, 5.41) is 3.08. The first-order valence-electron chi connectivity index (χ1n) is 11.3. The van der Waals surface area contributed by atoms with Crippen molar-refractivity contribution in [3.8, 4) is 0 Å². The highest BCUT2D eigenvalue weighted by Gasteiger charge is 2.46. The summed E-state index contributed by atoms with van der Waals surface area (Å²) in [7, 11) is 4.04. The van der Waals surface area contributed by atoms with E-state index < -0.39 is 0 Å². The van der Waals surface area contributed by atoms with Crippen molar-refractivity contribution in [2.24, 2.45) is 5.92 Å². The number of likely N-dealkylation sites (tertiary alicyclic amines) is 1. The molecular weight excluding hydrogens is 362 g/mol. The molecule has 1 heterocycles. The third-order valence-electron chi connectivity index (χ3n) is 7.41. The summed E-state index contributed by atoms with van der Waals surface area (Å²) in [4.78, 5) is 29.4. The summed E-state index contributed by atoms with van der Waals surface area (Å²) in [6.45, 7) is 3.29. The van der Waals surface area contributed by atoms with Gasteiger partial charge in [-0.05, 0) is 68.7 Å². The zero-order chi connectivity index (χ0) is 20.4. The maximum absolute atomic E-state index is 12.7. The van der Waals surface area contributed by atoms with Gasteiger partial charge in [-0.15, -0.1) is 0 Å². The summed E-state index contributed by atoms with van der Waals surface area (Å²) in [6.07, 6.45) is 7.03. The third-order valence-corrected chi connectivity index (χ3v) is 7.41. The molecule has 1 atom stereocenters. The van der Waals surface area contributed by atoms with Gasteiger partial charge in [-0.2, -0.15) is 0 Å². The van der Waals surface area contributed by atoms with E-state index >= 15 is 0 Å². The number of benzene rings is 1. The molecule has 1 spiro atoms. The summed E-state index contributed by atoms with van der Waals surface area (Å²) in [5.41, 5.74) is 2.93. The van der Waals surface area contributed by atoms with Crippen LogP contribution in [-0.2, 0) is 15.0 Å². The van der Waals surface area contributed by atoms with Gasteiger partial charge in [0.25, 0.3) is 0 Å². The molecule has 29 heavy (non-hydrogen) atoms. The second-order valence-electron chi connectivity index (χ2n) is 9.58. The topological polar surface area (TPSA) is 52.7 Å². The van der Waals surface area contributed by atoms with Crippen LogP contribution in [0.1, 0.15) is 62.0 Å². The van der Waals surface area contributed by atoms with Crippen LogP contribution in [0.5, 0.6) is 0 Å². The Kier molecular flexibility index (Phi) is 5.95. The van der Waals surface area contributed by atoms with Gasteiger partial charge in [-0.1, -0.05) is 30.7 Å². The lowest BCUT2D eigenvalue weighted by molar-refractivity contribution is -0.139. The second kappa shape index (κ2) is 8.47. The zero-order valence-electron chi connectivity index (χ0n) is 18.0. The molecule has 2 aliphatic carbocycles. The average molecular weight is 398 g/mol. The van der Waals surface area contributed by atoms with Crippen LogP contribution in [-0.4, -0.2) is 61.9 Å². The van der Waals surface area contributed by atoms with E-state index in [1.165, 1.54) is 17.5 Å². The number of nitrogens with one attached hydrogen (secondary N) is 1. The lowest BCUT2D eigenvalue weighted by atomic mass is 9.72. The lowest BCUT2D eigenvalue weighted by Crippen LogP contribution is -2.47. The lowest BCUT2D eigenvalue weighted by Gasteiger charge is -2.42. The summed E-state index contributed by atoms with van der Waals surface area (Å²) >= 11 is 0. The molecule has 1 aliphatic heterocycles. The predicted molar refractivity (Wildman–Crippen MR) is 115 cm³/mol. The summed E-state index contributed by atoms with van der Waals surface area (Å²) < 4.78 is 0. The Balaban J connectivity index is 1.40. The molecule has 1 saturated carbocycles. The number of hydrogen-bond donors (Lipinski definition) is 1. The monoisotopic (exact) mass is 397 g/mol. The number of hydrogen-bond acceptors (Lipinski definition) is 3. The highest BCUT2D eigenvalue weighted by molar-refractivity contribution is 5.80. The maximum atomic E-state index is 12.7. The maximum Gasteiger partial charge on any atom is 0.225 e. The van der Waals surface area contributed by atoms with Crippen molar-refractivity contribution in [3.05, 3.63) is 35.4 Å². The van der Waals surface area contributed by atoms with Gasteiger partial charge >= 0.3 is 0 Å². The number of rotatable bonds is 6. The van der Waals surface area contributed by atoms with E-state index in [-0.39, 0.29) is 11.3 Å². The average Bonchev–Trinajstić information content (AvgIpc) is 2.94. The first-order valence-corrected chi connectivity index (χ1v) is 11.3. The van der Waals surface area contributed by atoms with Gasteiger partial charge in [0.1, 0.15) is 0 Å². The molecule has 0 aromatic heterocycles. The van der Waals surface area contributed by atoms with Crippen molar-refractivity contribution < 1.29 is 9.59 Å². The molecule has 0 unspecified atom stereocenters. The van der Waals surface area contributed by atoms with Crippen molar-refractivity contribution in [2.45, 2.75) is 56.3 Å². The molecule has 3 aliphatic rings. The van der Waals surface area contributed by atoms with Crippen LogP contribution in [0.25, 0.3) is 0 Å². The van der Waals surface area contributed by atoms with Crippen LogP contribution in [0.4, 0.5) is 0 Å². The number of piperidine rings is 1. The second-order valence-corrected chi connectivity index (χ2v) is 9.58. The molecule has 5 heteroatoms. The van der Waals surface area contributed by atoms with Crippen LogP contribution in [0.3, 0.4) is 0 Å². The molecule has 2 amide bonds. The minimum atomic E-state index is 0.140. The SMILES string of the molecule is CN(C)CCNC(=O)C[C@H]1CC2(CCN(C(=O)C3CCC3)CC2)c2ccccc21. The molecule has 1 N–H and O–H groups in total. The van der Waals surface area contributed by atoms with Crippen molar-refractivity contribution >= 4 is 11.8 Å². The minimum absolute atomic E-state index is 0.140. The Labute approximate surface area is 174 Å². The number of amides is 2. The van der Waals surface area contributed by atoms with E-state index in [9.17, 15) is 9.59 Å². The molecule has 2 fully saturated rings. The molecule has 5 nitrogen and oxygen atoms in total. The standard InChI is InChI=1S/C24H35N3O2/c1-26(2)15-12-25-22(28)16-19-17-24(21-9-4-3-8-20(19)21)10-13-27(14-11-24)23(29)18-6-5-7-18/h3-4,8-9,18-19H,5-7,10-17H2,1-2H3,(H,25,28)/t19-/m0/s1. The Bertz CT molecular complexity index is 748. The molecule has 1 aromatic rings. The first kappa shape index (κ1) is 20.4. The smallest absolute Gasteiger partial charge is 0.225 e. The van der Waals surface area contributed by atoms with E-state index in [1.807, 2.05) is 14.1 Å². The van der Waals surface area contributed by atoms with Gasteiger partial charge < -0.3 is 15.1 Å². The summed E-state index contributed by atoms with van der Waals surface area (Å²) in [5.74, 6) is 1.12. The molecule has 4 rings (SSSR count). The molecular formula is C24H35N3O2. The number of carbonyl (C=O) groups is 2. The first-order chi connectivity index (χ1) is 14.0. The Morgan fingerprint density at radius 3 is 2.55 bits per heavy atom. The zero-order valence-corrected chi connectivity index (χ0v) is 18.0. The van der Waals surface area contributed by atoms with Gasteiger partial charge in [0, 0.05) is 38.5 Å². The Hall–Kier alpha value is -1.88. The normalized spacial score (nSPS) is 23.1. The fourth-order valence-electron chi connectivity index (χ4n) is 5.47. The van der Waals surface area contributed by atoms with Gasteiger partial charge in [0.2, 0.25) is 11.8 Å². The highest BCUT2D eigenvalue weighted by Crippen LogP contribution is 2.52. The van der Waals surface area contributed by atoms with Crippen LogP contribution in [0.15, 0.2) is 24.3 Å². The Morgan fingerprint density at radius 1 is 1.17 bits per heavy atom. The third kappa shape index (κ3) is 4.20. The largest absolute Gasteiger partial charge is 0.355 e. The summed E-state index contributed by atoms with van der Waals surface area (Å²) in [6, 6.07) is 8.71. The van der Waals surface area contributed by atoms with Gasteiger partial charge in [0.15, 0.2) is 0 Å². The molecule has 0 bridgehead atoms. The molecule has 1 saturated heterocycles. The fraction of sp³-hybridized carbons (Fsp3) is 0.667. The predicted octanol–water partition coefficient (Wildman–Crippen LogP) is 2.90. The van der Waals surface area contributed by atoms with Crippen LogP contribution in [0, 0.1) is 5.92 Å². The quantitative estimate of drug-likeness (QED) is 0.803. The molecule has 158 valence electrons.